The van der Waals surface area contributed by atoms with Crippen LogP contribution in [0.25, 0.3) is 0 Å². The molecule has 0 aliphatic rings. The Morgan fingerprint density at radius 3 is 2.74 bits per heavy atom. The predicted molar refractivity (Wildman–Crippen MR) is 73.1 cm³/mol. The maximum atomic E-state index is 13.2. The van der Waals surface area contributed by atoms with E-state index in [1.807, 2.05) is 20.8 Å². The number of hydrogen-bond donors (Lipinski definition) is 2. The molecule has 4 heteroatoms. The Balaban J connectivity index is 3.04. The van der Waals surface area contributed by atoms with Gasteiger partial charge in [-0.3, -0.25) is 4.79 Å². The molecule has 0 unspecified atom stereocenters. The number of carbonyl (C=O) groups excluding carboxylic acids is 1. The van der Waals surface area contributed by atoms with E-state index in [4.69, 9.17) is 5.11 Å². The maximum absolute atomic E-state index is 13.2. The number of anilines is 1. The van der Waals surface area contributed by atoms with Gasteiger partial charge in [0.15, 0.2) is 0 Å². The molecule has 102 valence electrons. The summed E-state index contributed by atoms with van der Waals surface area (Å²) in [6, 6.07) is 3.97. The number of carbonyl (C=O) groups is 1. The van der Waals surface area contributed by atoms with E-state index < -0.39 is 11.2 Å². The lowest BCUT2D eigenvalue weighted by Crippen LogP contribution is -2.30. The fourth-order valence-corrected chi connectivity index (χ4v) is 1.32. The highest BCUT2D eigenvalue weighted by Gasteiger charge is 2.25. The number of rotatable bonds is 3. The van der Waals surface area contributed by atoms with Gasteiger partial charge in [0.1, 0.15) is 12.4 Å². The summed E-state index contributed by atoms with van der Waals surface area (Å²) < 4.78 is 13.2. The van der Waals surface area contributed by atoms with Crippen molar-refractivity contribution in [1.29, 1.82) is 0 Å². The number of nitrogens with one attached hydrogen (secondary N) is 1. The minimum Gasteiger partial charge on any atom is -0.384 e. The van der Waals surface area contributed by atoms with Gasteiger partial charge in [0.2, 0.25) is 5.91 Å². The van der Waals surface area contributed by atoms with Gasteiger partial charge in [-0.2, -0.15) is 0 Å². The molecule has 0 saturated carbocycles. The lowest BCUT2D eigenvalue weighted by molar-refractivity contribution is -0.124. The van der Waals surface area contributed by atoms with Gasteiger partial charge in [-0.25, -0.2) is 4.39 Å². The van der Waals surface area contributed by atoms with Crippen molar-refractivity contribution in [3.05, 3.63) is 29.6 Å². The molecule has 1 aromatic rings. The molecule has 1 amide bonds. The zero-order valence-electron chi connectivity index (χ0n) is 11.4. The second-order valence-electron chi connectivity index (χ2n) is 4.84. The van der Waals surface area contributed by atoms with Gasteiger partial charge in [-0.1, -0.05) is 32.6 Å². The summed E-state index contributed by atoms with van der Waals surface area (Å²) in [6.45, 7) is 5.29. The summed E-state index contributed by atoms with van der Waals surface area (Å²) in [5.41, 5.74) is 0.305. The Kier molecular flexibility index (Phi) is 5.08. The largest absolute Gasteiger partial charge is 0.384 e. The summed E-state index contributed by atoms with van der Waals surface area (Å²) >= 11 is 0. The maximum Gasteiger partial charge on any atom is 0.230 e. The summed E-state index contributed by atoms with van der Waals surface area (Å²) in [5.74, 6) is 4.49. The molecule has 19 heavy (non-hydrogen) atoms. The van der Waals surface area contributed by atoms with Gasteiger partial charge in [-0.15, -0.1) is 0 Å². The molecular weight excluding hydrogens is 245 g/mol. The zero-order chi connectivity index (χ0) is 14.5. The lowest BCUT2D eigenvalue weighted by atomic mass is 9.89. The molecular formula is C15H18FNO2. The van der Waals surface area contributed by atoms with E-state index in [0.29, 0.717) is 17.7 Å². The first-order valence-electron chi connectivity index (χ1n) is 6.11. The van der Waals surface area contributed by atoms with Crippen molar-refractivity contribution in [2.75, 3.05) is 11.9 Å². The monoisotopic (exact) mass is 263 g/mol. The van der Waals surface area contributed by atoms with Crippen LogP contribution in [0.3, 0.4) is 0 Å². The highest BCUT2D eigenvalue weighted by Crippen LogP contribution is 2.24. The Hall–Kier alpha value is -1.86. The molecule has 0 aromatic heterocycles. The summed E-state index contributed by atoms with van der Waals surface area (Å²) in [4.78, 5) is 12.1. The second-order valence-corrected chi connectivity index (χ2v) is 4.84. The van der Waals surface area contributed by atoms with E-state index >= 15 is 0 Å². The van der Waals surface area contributed by atoms with Crippen molar-refractivity contribution in [1.82, 2.24) is 0 Å². The smallest absolute Gasteiger partial charge is 0.230 e. The summed E-state index contributed by atoms with van der Waals surface area (Å²) in [5, 5.41) is 11.4. The van der Waals surface area contributed by atoms with Crippen LogP contribution in [0.2, 0.25) is 0 Å². The molecule has 3 nitrogen and oxygen atoms in total. The van der Waals surface area contributed by atoms with Crippen LogP contribution in [0.5, 0.6) is 0 Å². The van der Waals surface area contributed by atoms with Gasteiger partial charge < -0.3 is 10.4 Å². The topological polar surface area (TPSA) is 49.3 Å². The highest BCUT2D eigenvalue weighted by atomic mass is 19.1. The predicted octanol–water partition coefficient (Wildman–Crippen LogP) is 2.54. The standard InChI is InChI=1S/C15H18FNO2/c1-4-15(2,3)14(19)17-13-8-7-12(16)10-11(13)6-5-9-18/h7-8,10,18H,4,9H2,1-3H3,(H,17,19). The van der Waals surface area contributed by atoms with Crippen molar-refractivity contribution in [3.63, 3.8) is 0 Å². The first-order valence-corrected chi connectivity index (χ1v) is 6.11. The molecule has 0 aliphatic carbocycles. The van der Waals surface area contributed by atoms with Gasteiger partial charge in [-0.05, 0) is 24.6 Å². The third-order valence-electron chi connectivity index (χ3n) is 3.03. The molecule has 0 saturated heterocycles. The number of hydrogen-bond acceptors (Lipinski definition) is 2. The van der Waals surface area contributed by atoms with Crippen LogP contribution < -0.4 is 5.32 Å². The van der Waals surface area contributed by atoms with Crippen LogP contribution >= 0.6 is 0 Å². The number of amides is 1. The van der Waals surface area contributed by atoms with Crippen LogP contribution in [0.4, 0.5) is 10.1 Å². The number of aliphatic hydroxyl groups is 1. The normalized spacial score (nSPS) is 10.6. The van der Waals surface area contributed by atoms with E-state index in [1.54, 1.807) is 0 Å². The number of halogens is 1. The van der Waals surface area contributed by atoms with Crippen molar-refractivity contribution in [3.8, 4) is 11.8 Å². The Morgan fingerprint density at radius 1 is 1.47 bits per heavy atom. The lowest BCUT2D eigenvalue weighted by Gasteiger charge is -2.22. The first kappa shape index (κ1) is 15.2. The molecule has 0 bridgehead atoms. The van der Waals surface area contributed by atoms with Crippen molar-refractivity contribution >= 4 is 11.6 Å². The van der Waals surface area contributed by atoms with E-state index in [2.05, 4.69) is 17.2 Å². The summed E-state index contributed by atoms with van der Waals surface area (Å²) in [6.07, 6.45) is 0.692. The van der Waals surface area contributed by atoms with Crippen molar-refractivity contribution in [2.45, 2.75) is 27.2 Å². The van der Waals surface area contributed by atoms with Crippen molar-refractivity contribution in [2.24, 2.45) is 5.41 Å². The average Bonchev–Trinajstić information content (AvgIpc) is 2.38. The molecule has 1 rings (SSSR count). The van der Waals surface area contributed by atoms with Crippen LogP contribution in [-0.2, 0) is 4.79 Å². The Labute approximate surface area is 112 Å². The van der Waals surface area contributed by atoms with E-state index in [9.17, 15) is 9.18 Å². The van der Waals surface area contributed by atoms with Crippen molar-refractivity contribution < 1.29 is 14.3 Å². The summed E-state index contributed by atoms with van der Waals surface area (Å²) in [7, 11) is 0. The molecule has 0 heterocycles. The SMILES string of the molecule is CCC(C)(C)C(=O)Nc1ccc(F)cc1C#CCO. The minimum atomic E-state index is -0.504. The molecule has 1 aromatic carbocycles. The van der Waals surface area contributed by atoms with E-state index in [0.717, 1.165) is 0 Å². The third kappa shape index (κ3) is 4.08. The molecule has 2 N–H and O–H groups in total. The second kappa shape index (κ2) is 6.35. The fraction of sp³-hybridized carbons (Fsp3) is 0.400. The van der Waals surface area contributed by atoms with Gasteiger partial charge in [0, 0.05) is 5.41 Å². The average molecular weight is 263 g/mol. The first-order chi connectivity index (χ1) is 8.90. The van der Waals surface area contributed by atoms with Gasteiger partial charge in [0.25, 0.3) is 0 Å². The van der Waals surface area contributed by atoms with Crippen LogP contribution in [0.1, 0.15) is 32.8 Å². The molecule has 0 fully saturated rings. The quantitative estimate of drug-likeness (QED) is 0.823. The van der Waals surface area contributed by atoms with Crippen LogP contribution in [0.15, 0.2) is 18.2 Å². The van der Waals surface area contributed by atoms with Crippen LogP contribution in [0, 0.1) is 23.1 Å². The van der Waals surface area contributed by atoms with E-state index in [1.165, 1.54) is 18.2 Å². The number of benzene rings is 1. The minimum absolute atomic E-state index is 0.145. The number of aliphatic hydroxyl groups excluding tert-OH is 1. The van der Waals surface area contributed by atoms with Gasteiger partial charge >= 0.3 is 0 Å². The van der Waals surface area contributed by atoms with Gasteiger partial charge in [0.05, 0.1) is 11.3 Å². The third-order valence-corrected chi connectivity index (χ3v) is 3.03. The highest BCUT2D eigenvalue weighted by molar-refractivity contribution is 5.95. The fourth-order valence-electron chi connectivity index (χ4n) is 1.32. The molecule has 0 radical (unpaired) electrons. The Morgan fingerprint density at radius 2 is 2.16 bits per heavy atom. The zero-order valence-corrected chi connectivity index (χ0v) is 11.4. The molecule has 0 aliphatic heterocycles. The Bertz CT molecular complexity index is 527. The van der Waals surface area contributed by atoms with E-state index in [-0.39, 0.29) is 12.5 Å². The van der Waals surface area contributed by atoms with Crippen LogP contribution in [-0.4, -0.2) is 17.6 Å². The molecule has 0 spiro atoms. The molecule has 0 atom stereocenters.